The summed E-state index contributed by atoms with van der Waals surface area (Å²) in [5.74, 6) is 40.5. The molecule has 0 saturated heterocycles. The van der Waals surface area contributed by atoms with Crippen molar-refractivity contribution in [3.05, 3.63) is 46.5 Å². The van der Waals surface area contributed by atoms with Crippen molar-refractivity contribution >= 4 is 36.3 Å². The van der Waals surface area contributed by atoms with Crippen LogP contribution in [-0.4, -0.2) is 8.42 Å². The lowest BCUT2D eigenvalue weighted by atomic mass is 9.91. The maximum Gasteiger partial charge on any atom is 0.208 e. The Balaban J connectivity index is 2.13. The molecule has 0 unspecified atom stereocenters. The minimum Gasteiger partial charge on any atom is -0.218 e. The standard InChI is InChI=1S/C44H24O2P2S/c1-5-9-13-21-33-47(34-22-14-10-6-2)41-31-29-37-25-17-19-27-39(37)43(41)49(45,46)44-40-28-20-18-26-38(40)30-32-42(44)48(35-23-15-11-7-3)36-24-16-12-8-4/h1-4,29-32H,17-20,25-28H2. The van der Waals surface area contributed by atoms with E-state index in [0.29, 0.717) is 23.5 Å². The molecule has 2 nitrogen and oxygen atoms in total. The van der Waals surface area contributed by atoms with Crippen LogP contribution in [0, 0.1) is 143 Å². The Morgan fingerprint density at radius 2 is 0.776 bits per heavy atom. The first kappa shape index (κ1) is 35.8. The van der Waals surface area contributed by atoms with Gasteiger partial charge in [0.15, 0.2) is 0 Å². The molecule has 0 bridgehead atoms. The first-order valence-corrected chi connectivity index (χ1v) is 19.1. The van der Waals surface area contributed by atoms with E-state index in [1.165, 1.54) is 0 Å². The molecule has 2 aliphatic carbocycles. The van der Waals surface area contributed by atoms with Crippen LogP contribution in [0.15, 0.2) is 34.1 Å². The minimum absolute atomic E-state index is 0.226. The zero-order chi connectivity index (χ0) is 34.9. The minimum atomic E-state index is -4.23. The molecule has 0 radical (unpaired) electrons. The van der Waals surface area contributed by atoms with Gasteiger partial charge in [-0.1, -0.05) is 24.3 Å². The lowest BCUT2D eigenvalue weighted by Gasteiger charge is -2.27. The van der Waals surface area contributed by atoms with Crippen LogP contribution in [0.1, 0.15) is 47.9 Å². The van der Waals surface area contributed by atoms with Gasteiger partial charge in [0.1, 0.15) is 0 Å². The van der Waals surface area contributed by atoms with Gasteiger partial charge < -0.3 is 0 Å². The van der Waals surface area contributed by atoms with E-state index in [0.717, 1.165) is 60.8 Å². The average molecular weight is 679 g/mol. The van der Waals surface area contributed by atoms with E-state index in [2.05, 4.69) is 117 Å². The molecule has 2 aromatic carbocycles. The van der Waals surface area contributed by atoms with Crippen molar-refractivity contribution in [2.45, 2.75) is 61.2 Å². The molecule has 0 saturated carbocycles. The molecule has 0 fully saturated rings. The zero-order valence-electron chi connectivity index (χ0n) is 26.4. The molecule has 0 aliphatic heterocycles. The van der Waals surface area contributed by atoms with Crippen molar-refractivity contribution in [2.24, 2.45) is 0 Å². The predicted octanol–water partition coefficient (Wildman–Crippen LogP) is 4.88. The molecule has 49 heavy (non-hydrogen) atoms. The third kappa shape index (κ3) is 9.07. The normalized spacial score (nSPS) is 11.4. The first-order chi connectivity index (χ1) is 24.0. The van der Waals surface area contributed by atoms with Gasteiger partial charge in [-0.2, -0.15) is 0 Å². The van der Waals surface area contributed by atoms with Gasteiger partial charge >= 0.3 is 0 Å². The van der Waals surface area contributed by atoms with Gasteiger partial charge in [0.05, 0.1) is 25.6 Å². The van der Waals surface area contributed by atoms with Crippen LogP contribution in [0.3, 0.4) is 0 Å². The monoisotopic (exact) mass is 678 g/mol. The molecule has 5 heteroatoms. The van der Waals surface area contributed by atoms with Crippen molar-refractivity contribution in [1.29, 1.82) is 0 Å². The predicted molar refractivity (Wildman–Crippen MR) is 202 cm³/mol. The van der Waals surface area contributed by atoms with Gasteiger partial charge in [-0.05, 0) is 191 Å². The molecular weight excluding hydrogens is 654 g/mol. The SMILES string of the molecule is C#CC#CC#CP(C#CC#CC#C)c1ccc2c(c1S(=O)(=O)c1c(P(C#CC#CC#C)C#CC#CC#C)ccc3c1CCCC3)CCCC2. The van der Waals surface area contributed by atoms with E-state index in [9.17, 15) is 0 Å². The highest BCUT2D eigenvalue weighted by molar-refractivity contribution is 7.93. The van der Waals surface area contributed by atoms with Crippen LogP contribution in [0.25, 0.3) is 0 Å². The van der Waals surface area contributed by atoms with Crippen molar-refractivity contribution in [3.63, 3.8) is 0 Å². The van der Waals surface area contributed by atoms with E-state index in [1.54, 1.807) is 0 Å². The Hall–Kier alpha value is -6.03. The highest BCUT2D eigenvalue weighted by atomic mass is 32.2. The number of hydrogen-bond acceptors (Lipinski definition) is 2. The highest BCUT2D eigenvalue weighted by Crippen LogP contribution is 2.44. The number of fused-ring (bicyclic) bond motifs is 2. The third-order valence-electron chi connectivity index (χ3n) is 7.40. The maximum atomic E-state index is 15.5. The summed E-state index contributed by atoms with van der Waals surface area (Å²) < 4.78 is 31.1. The van der Waals surface area contributed by atoms with Crippen molar-refractivity contribution in [2.75, 3.05) is 0 Å². The fourth-order valence-electron chi connectivity index (χ4n) is 5.52. The van der Waals surface area contributed by atoms with Gasteiger partial charge in [0.25, 0.3) is 0 Å². The van der Waals surface area contributed by atoms with Crippen molar-refractivity contribution in [1.82, 2.24) is 0 Å². The second-order valence-corrected chi connectivity index (χ2v) is 15.2. The van der Waals surface area contributed by atoms with Crippen LogP contribution in [-0.2, 0) is 35.5 Å². The number of aryl methyl sites for hydroxylation is 2. The number of benzene rings is 2. The van der Waals surface area contributed by atoms with Crippen molar-refractivity contribution in [3.8, 4) is 143 Å². The van der Waals surface area contributed by atoms with Gasteiger partial charge in [0, 0.05) is 10.6 Å². The van der Waals surface area contributed by atoms with Crippen LogP contribution >= 0.6 is 15.8 Å². The van der Waals surface area contributed by atoms with Gasteiger partial charge in [-0.15, -0.1) is 25.7 Å². The first-order valence-electron chi connectivity index (χ1n) is 15.0. The summed E-state index contributed by atoms with van der Waals surface area (Å²) in [7, 11) is -7.65. The summed E-state index contributed by atoms with van der Waals surface area (Å²) >= 11 is 0. The third-order valence-corrected chi connectivity index (χ3v) is 12.8. The molecule has 0 atom stereocenters. The summed E-state index contributed by atoms with van der Waals surface area (Å²) in [6.07, 6.45) is 27.5. The zero-order valence-corrected chi connectivity index (χ0v) is 29.0. The molecule has 4 rings (SSSR count). The number of terminal acetylenes is 4. The van der Waals surface area contributed by atoms with Gasteiger partial charge in [0.2, 0.25) is 9.84 Å². The Kier molecular flexibility index (Phi) is 13.4. The Bertz CT molecular complexity index is 2250. The number of hydrogen-bond donors (Lipinski definition) is 0. The van der Waals surface area contributed by atoms with E-state index in [4.69, 9.17) is 25.7 Å². The number of rotatable bonds is 4. The van der Waals surface area contributed by atoms with Crippen LogP contribution in [0.2, 0.25) is 0 Å². The fourth-order valence-corrected chi connectivity index (χ4v) is 11.2. The molecule has 0 heterocycles. The molecule has 0 N–H and O–H groups in total. The van der Waals surface area contributed by atoms with Crippen LogP contribution in [0.5, 0.6) is 0 Å². The quantitative estimate of drug-likeness (QED) is 0.342. The second kappa shape index (κ2) is 18.3. The van der Waals surface area contributed by atoms with E-state index in [1.807, 2.05) is 24.3 Å². The number of sulfone groups is 1. The lowest BCUT2D eigenvalue weighted by molar-refractivity contribution is 0.589. The van der Waals surface area contributed by atoms with Crippen LogP contribution < -0.4 is 10.6 Å². The van der Waals surface area contributed by atoms with Gasteiger partial charge in [-0.3, -0.25) is 0 Å². The molecule has 2 aliphatic rings. The smallest absolute Gasteiger partial charge is 0.208 e. The van der Waals surface area contributed by atoms with E-state index in [-0.39, 0.29) is 9.79 Å². The van der Waals surface area contributed by atoms with Gasteiger partial charge in [-0.25, -0.2) is 8.42 Å². The average Bonchev–Trinajstić information content (AvgIpc) is 3.12. The molecule has 228 valence electrons. The highest BCUT2D eigenvalue weighted by Gasteiger charge is 2.36. The summed E-state index contributed by atoms with van der Waals surface area (Å²) in [6, 6.07) is 7.64. The van der Waals surface area contributed by atoms with E-state index < -0.39 is 25.7 Å². The second-order valence-electron chi connectivity index (χ2n) is 10.2. The summed E-state index contributed by atoms with van der Waals surface area (Å²) in [4.78, 5) is 0.453. The summed E-state index contributed by atoms with van der Waals surface area (Å²) in [5, 5.41) is 1.00. The molecule has 0 aromatic heterocycles. The molecule has 0 spiro atoms. The summed E-state index contributed by atoms with van der Waals surface area (Å²) in [6.45, 7) is 0. The fraction of sp³-hybridized carbons (Fsp3) is 0.182. The van der Waals surface area contributed by atoms with E-state index >= 15 is 8.42 Å². The van der Waals surface area contributed by atoms with Crippen LogP contribution in [0.4, 0.5) is 0 Å². The topological polar surface area (TPSA) is 34.1 Å². The molecule has 0 amide bonds. The Morgan fingerprint density at radius 1 is 0.449 bits per heavy atom. The lowest BCUT2D eigenvalue weighted by Crippen LogP contribution is -2.26. The Labute approximate surface area is 294 Å². The largest absolute Gasteiger partial charge is 0.218 e. The Morgan fingerprint density at radius 3 is 1.10 bits per heavy atom. The van der Waals surface area contributed by atoms with Crippen molar-refractivity contribution < 1.29 is 8.42 Å². The molecular formula is C44H24O2P2S. The molecule has 2 aromatic rings. The maximum absolute atomic E-state index is 15.5. The summed E-state index contributed by atoms with van der Waals surface area (Å²) in [5.41, 5.74) is 15.9.